The largest absolute Gasteiger partial charge is 0.469 e. The molecule has 0 aromatic rings. The first-order valence-corrected chi connectivity index (χ1v) is 5.46. The zero-order valence-electron chi connectivity index (χ0n) is 8.12. The fourth-order valence-electron chi connectivity index (χ4n) is 0.556. The van der Waals surface area contributed by atoms with Gasteiger partial charge in [0.2, 0.25) is 0 Å². The second-order valence-electron chi connectivity index (χ2n) is 2.78. The van der Waals surface area contributed by atoms with Gasteiger partial charge in [0.15, 0.2) is 0 Å². The zero-order valence-corrected chi connectivity index (χ0v) is 9.01. The van der Waals surface area contributed by atoms with Gasteiger partial charge in [0.1, 0.15) is 6.10 Å². The third-order valence-electron chi connectivity index (χ3n) is 1.25. The Morgan fingerprint density at radius 2 is 2.07 bits per heavy atom. The van der Waals surface area contributed by atoms with Gasteiger partial charge in [0.05, 0.1) is 13.2 Å². The van der Waals surface area contributed by atoms with E-state index in [1.54, 1.807) is 0 Å². The van der Waals surface area contributed by atoms with Crippen molar-refractivity contribution in [2.45, 2.75) is 13.0 Å². The van der Waals surface area contributed by atoms with Crippen molar-refractivity contribution < 1.29 is 33.5 Å². The minimum atomic E-state index is -4.62. The van der Waals surface area contributed by atoms with Crippen LogP contribution in [0.25, 0.3) is 0 Å². The van der Waals surface area contributed by atoms with E-state index < -0.39 is 33.1 Å². The van der Waals surface area contributed by atoms with Gasteiger partial charge in [-0.05, 0) is 6.92 Å². The smallest absolute Gasteiger partial charge is 0.454 e. The summed E-state index contributed by atoms with van der Waals surface area (Å²) in [6.07, 6.45) is -1.12. The topological polar surface area (TPSA) is 113 Å². The summed E-state index contributed by atoms with van der Waals surface area (Å²) in [4.78, 5) is 27.7. The SMILES string of the molecule is C=C(C)C(=O)OC(CO)COP(=O)(O)O. The molecule has 0 aliphatic rings. The fourth-order valence-corrected chi connectivity index (χ4v) is 0.917. The van der Waals surface area contributed by atoms with Gasteiger partial charge in [-0.25, -0.2) is 9.36 Å². The summed E-state index contributed by atoms with van der Waals surface area (Å²) in [5.74, 6) is -0.761. The summed E-state index contributed by atoms with van der Waals surface area (Å²) >= 11 is 0. The van der Waals surface area contributed by atoms with Gasteiger partial charge in [-0.1, -0.05) is 6.58 Å². The molecule has 0 fully saturated rings. The van der Waals surface area contributed by atoms with E-state index in [0.29, 0.717) is 0 Å². The Hall–Kier alpha value is -0.720. The monoisotopic (exact) mass is 240 g/mol. The highest BCUT2D eigenvalue weighted by molar-refractivity contribution is 7.46. The molecule has 15 heavy (non-hydrogen) atoms. The van der Waals surface area contributed by atoms with E-state index in [9.17, 15) is 9.36 Å². The van der Waals surface area contributed by atoms with Gasteiger partial charge >= 0.3 is 13.8 Å². The highest BCUT2D eigenvalue weighted by Crippen LogP contribution is 2.35. The minimum absolute atomic E-state index is 0.115. The summed E-state index contributed by atoms with van der Waals surface area (Å²) < 4.78 is 19.0. The number of aliphatic hydroxyl groups excluding tert-OH is 1. The van der Waals surface area contributed by atoms with Gasteiger partial charge in [0.25, 0.3) is 0 Å². The molecule has 0 aliphatic heterocycles. The van der Waals surface area contributed by atoms with Crippen molar-refractivity contribution in [3.8, 4) is 0 Å². The van der Waals surface area contributed by atoms with Crippen LogP contribution >= 0.6 is 7.82 Å². The quantitative estimate of drug-likeness (QED) is 0.328. The Kier molecular flexibility index (Phi) is 5.71. The molecule has 0 rings (SSSR count). The van der Waals surface area contributed by atoms with Gasteiger partial charge in [0, 0.05) is 5.57 Å². The first kappa shape index (κ1) is 14.3. The molecule has 0 aromatic carbocycles. The number of aliphatic hydroxyl groups is 1. The van der Waals surface area contributed by atoms with Crippen LogP contribution in [-0.2, 0) is 18.6 Å². The predicted molar refractivity (Wildman–Crippen MR) is 49.8 cm³/mol. The highest BCUT2D eigenvalue weighted by atomic mass is 31.2. The van der Waals surface area contributed by atoms with E-state index in [2.05, 4.69) is 15.8 Å². The third kappa shape index (κ3) is 7.24. The summed E-state index contributed by atoms with van der Waals surface area (Å²) in [5, 5.41) is 8.71. The molecule has 0 spiro atoms. The van der Waals surface area contributed by atoms with Crippen molar-refractivity contribution in [2.24, 2.45) is 0 Å². The fraction of sp³-hybridized carbons (Fsp3) is 0.571. The van der Waals surface area contributed by atoms with Gasteiger partial charge < -0.3 is 19.6 Å². The van der Waals surface area contributed by atoms with Crippen molar-refractivity contribution in [3.63, 3.8) is 0 Å². The van der Waals surface area contributed by atoms with Crippen molar-refractivity contribution in [1.82, 2.24) is 0 Å². The number of ether oxygens (including phenoxy) is 1. The summed E-state index contributed by atoms with van der Waals surface area (Å²) in [7, 11) is -4.62. The number of esters is 1. The standard InChI is InChI=1S/C7H13O7P/c1-5(2)7(9)14-6(3-8)4-13-15(10,11)12/h6,8H,1,3-4H2,2H3,(H2,10,11,12). The van der Waals surface area contributed by atoms with E-state index in [4.69, 9.17) is 14.9 Å². The highest BCUT2D eigenvalue weighted by Gasteiger charge is 2.20. The first-order valence-electron chi connectivity index (χ1n) is 3.93. The predicted octanol–water partition coefficient (Wildman–Crippen LogP) is -0.424. The zero-order chi connectivity index (χ0) is 12.1. The van der Waals surface area contributed by atoms with E-state index in [1.165, 1.54) is 6.92 Å². The Morgan fingerprint density at radius 3 is 2.40 bits per heavy atom. The maximum Gasteiger partial charge on any atom is 0.469 e. The second-order valence-corrected chi connectivity index (χ2v) is 4.02. The summed E-state index contributed by atoms with van der Waals surface area (Å²) in [6, 6.07) is 0. The number of phosphoric acid groups is 1. The van der Waals surface area contributed by atoms with E-state index in [0.717, 1.165) is 0 Å². The van der Waals surface area contributed by atoms with Crippen molar-refractivity contribution in [1.29, 1.82) is 0 Å². The molecule has 0 saturated carbocycles. The van der Waals surface area contributed by atoms with Crippen LogP contribution in [-0.4, -0.2) is 40.2 Å². The molecule has 7 nitrogen and oxygen atoms in total. The molecule has 0 saturated heterocycles. The number of rotatable bonds is 6. The number of phosphoric ester groups is 1. The lowest BCUT2D eigenvalue weighted by Crippen LogP contribution is -2.26. The van der Waals surface area contributed by atoms with Crippen LogP contribution in [0.15, 0.2) is 12.2 Å². The maximum atomic E-state index is 11.0. The molecule has 1 unspecified atom stereocenters. The number of hydrogen-bond donors (Lipinski definition) is 3. The number of carbonyl (C=O) groups is 1. The van der Waals surface area contributed by atoms with Crippen LogP contribution in [0.5, 0.6) is 0 Å². The van der Waals surface area contributed by atoms with Crippen LogP contribution in [0.1, 0.15) is 6.92 Å². The van der Waals surface area contributed by atoms with Gasteiger partial charge in [-0.3, -0.25) is 4.52 Å². The number of hydrogen-bond acceptors (Lipinski definition) is 5. The molecular weight excluding hydrogens is 227 g/mol. The normalized spacial score (nSPS) is 13.3. The maximum absolute atomic E-state index is 11.0. The van der Waals surface area contributed by atoms with Crippen LogP contribution in [0.2, 0.25) is 0 Å². The average molecular weight is 240 g/mol. The molecule has 0 aromatic heterocycles. The molecular formula is C7H13O7P. The molecule has 1 atom stereocenters. The minimum Gasteiger partial charge on any atom is -0.454 e. The average Bonchev–Trinajstić information content (AvgIpc) is 2.10. The summed E-state index contributed by atoms with van der Waals surface area (Å²) in [5.41, 5.74) is 0.115. The van der Waals surface area contributed by atoms with Crippen molar-refractivity contribution in [2.75, 3.05) is 13.2 Å². The van der Waals surface area contributed by atoms with E-state index in [-0.39, 0.29) is 5.57 Å². The van der Waals surface area contributed by atoms with Crippen molar-refractivity contribution >= 4 is 13.8 Å². The molecule has 0 bridgehead atoms. The van der Waals surface area contributed by atoms with E-state index >= 15 is 0 Å². The molecule has 0 heterocycles. The van der Waals surface area contributed by atoms with Crippen LogP contribution < -0.4 is 0 Å². The Bertz CT molecular complexity index is 281. The number of carbonyl (C=O) groups excluding carboxylic acids is 1. The Labute approximate surface area is 86.6 Å². The van der Waals surface area contributed by atoms with Crippen LogP contribution in [0, 0.1) is 0 Å². The van der Waals surface area contributed by atoms with Crippen LogP contribution in [0.4, 0.5) is 0 Å². The van der Waals surface area contributed by atoms with Crippen molar-refractivity contribution in [3.05, 3.63) is 12.2 Å². The Morgan fingerprint density at radius 1 is 1.53 bits per heavy atom. The molecule has 0 amide bonds. The van der Waals surface area contributed by atoms with Crippen LogP contribution in [0.3, 0.4) is 0 Å². The molecule has 0 radical (unpaired) electrons. The molecule has 88 valence electrons. The lowest BCUT2D eigenvalue weighted by Gasteiger charge is -2.15. The first-order chi connectivity index (χ1) is 6.76. The molecule has 0 aliphatic carbocycles. The second kappa shape index (κ2) is 5.99. The lowest BCUT2D eigenvalue weighted by molar-refractivity contribution is -0.148. The van der Waals surface area contributed by atoms with E-state index in [1.807, 2.05) is 0 Å². The third-order valence-corrected chi connectivity index (χ3v) is 1.74. The van der Waals surface area contributed by atoms with Gasteiger partial charge in [-0.2, -0.15) is 0 Å². The van der Waals surface area contributed by atoms with Gasteiger partial charge in [-0.15, -0.1) is 0 Å². The molecule has 3 N–H and O–H groups in total. The lowest BCUT2D eigenvalue weighted by atomic mass is 10.3. The molecule has 8 heteroatoms. The Balaban J connectivity index is 4.10. The summed E-state index contributed by atoms with van der Waals surface area (Å²) in [6.45, 7) is 3.52.